The molecule has 4 rings (SSSR count). The number of benzene rings is 2. The highest BCUT2D eigenvalue weighted by molar-refractivity contribution is 7.80. The van der Waals surface area contributed by atoms with Gasteiger partial charge in [-0.2, -0.15) is 4.98 Å². The van der Waals surface area contributed by atoms with Gasteiger partial charge in [0.05, 0.1) is 11.6 Å². The van der Waals surface area contributed by atoms with E-state index in [9.17, 15) is 0 Å². The van der Waals surface area contributed by atoms with Crippen LogP contribution >= 0.6 is 23.8 Å². The molecular formula is C26H29ClN4O2S. The molecule has 178 valence electrons. The van der Waals surface area contributed by atoms with Crippen LogP contribution in [0, 0.1) is 13.8 Å². The molecule has 1 N–H and O–H groups in total. The van der Waals surface area contributed by atoms with Gasteiger partial charge in [0.15, 0.2) is 5.11 Å². The number of rotatable bonds is 8. The predicted octanol–water partition coefficient (Wildman–Crippen LogP) is 6.10. The molecule has 0 radical (unpaired) electrons. The zero-order valence-corrected chi connectivity index (χ0v) is 21.5. The topological polar surface area (TPSA) is 63.4 Å². The number of ether oxygens (including phenoxy) is 1. The number of halogens is 1. The Hall–Kier alpha value is -2.74. The van der Waals surface area contributed by atoms with Gasteiger partial charge in [-0.1, -0.05) is 47.1 Å². The molecule has 34 heavy (non-hydrogen) atoms. The molecule has 0 saturated heterocycles. The number of hydrogen-bond donors (Lipinski definition) is 1. The monoisotopic (exact) mass is 496 g/mol. The summed E-state index contributed by atoms with van der Waals surface area (Å²) in [5.41, 5.74) is 6.25. The maximum absolute atomic E-state index is 6.17. The molecule has 0 spiro atoms. The third-order valence-electron chi connectivity index (χ3n) is 6.07. The fourth-order valence-electron chi connectivity index (χ4n) is 4.07. The van der Waals surface area contributed by atoms with Crippen LogP contribution in [0.1, 0.15) is 48.9 Å². The molecule has 2 aromatic carbocycles. The van der Waals surface area contributed by atoms with Gasteiger partial charge in [-0.15, -0.1) is 0 Å². The Kier molecular flexibility index (Phi) is 7.66. The minimum atomic E-state index is -0.206. The molecule has 6 nitrogen and oxygen atoms in total. The zero-order chi connectivity index (χ0) is 24.2. The quantitative estimate of drug-likeness (QED) is 0.299. The van der Waals surface area contributed by atoms with Crippen molar-refractivity contribution in [1.29, 1.82) is 0 Å². The highest BCUT2D eigenvalue weighted by atomic mass is 35.5. The molecule has 0 aliphatic carbocycles. The fraction of sp³-hybridized carbons (Fsp3) is 0.346. The molecule has 8 heteroatoms. The molecule has 1 aliphatic rings. The summed E-state index contributed by atoms with van der Waals surface area (Å²) in [5.74, 6) is 0.952. The molecule has 0 amide bonds. The summed E-state index contributed by atoms with van der Waals surface area (Å²) in [4.78, 5) is 6.84. The van der Waals surface area contributed by atoms with E-state index in [1.165, 1.54) is 11.1 Å². The van der Waals surface area contributed by atoms with Crippen molar-refractivity contribution in [3.05, 3.63) is 75.8 Å². The van der Waals surface area contributed by atoms with Crippen molar-refractivity contribution in [3.8, 4) is 11.4 Å². The Morgan fingerprint density at radius 2 is 1.97 bits per heavy atom. The maximum atomic E-state index is 6.17. The summed E-state index contributed by atoms with van der Waals surface area (Å²) in [6.07, 6.45) is 0.853. The second kappa shape index (κ2) is 10.7. The van der Waals surface area contributed by atoms with Gasteiger partial charge < -0.3 is 19.5 Å². The van der Waals surface area contributed by atoms with E-state index in [2.05, 4.69) is 54.3 Å². The first-order valence-electron chi connectivity index (χ1n) is 11.4. The first-order valence-corrected chi connectivity index (χ1v) is 12.2. The Morgan fingerprint density at radius 1 is 1.15 bits per heavy atom. The van der Waals surface area contributed by atoms with Gasteiger partial charge in [0.2, 0.25) is 5.82 Å². The fourth-order valence-corrected chi connectivity index (χ4v) is 4.60. The smallest absolute Gasteiger partial charge is 0.258 e. The van der Waals surface area contributed by atoms with Crippen LogP contribution in [0.2, 0.25) is 5.02 Å². The van der Waals surface area contributed by atoms with Crippen molar-refractivity contribution in [2.75, 3.05) is 19.8 Å². The summed E-state index contributed by atoms with van der Waals surface area (Å²) in [6, 6.07) is 13.7. The predicted molar refractivity (Wildman–Crippen MR) is 140 cm³/mol. The van der Waals surface area contributed by atoms with E-state index in [4.69, 9.17) is 38.1 Å². The Morgan fingerprint density at radius 3 is 2.71 bits per heavy atom. The van der Waals surface area contributed by atoms with E-state index in [0.29, 0.717) is 35.1 Å². The van der Waals surface area contributed by atoms with Crippen LogP contribution in [0.5, 0.6) is 0 Å². The highest BCUT2D eigenvalue weighted by Crippen LogP contribution is 2.38. The summed E-state index contributed by atoms with van der Waals surface area (Å²) >= 11 is 11.9. The summed E-state index contributed by atoms with van der Waals surface area (Å²) < 4.78 is 11.3. The molecule has 1 aromatic heterocycles. The molecule has 0 fully saturated rings. The zero-order valence-electron chi connectivity index (χ0n) is 19.9. The van der Waals surface area contributed by atoms with Gasteiger partial charge in [0, 0.05) is 36.0 Å². The SMILES string of the molecule is CCOCCCN1C(=S)NC(c2ccc(C)c(C)c2)C(c2nc(-c3cccc(Cl)c3)no2)=C1C. The molecule has 0 bridgehead atoms. The van der Waals surface area contributed by atoms with Gasteiger partial charge in [-0.05, 0) is 75.2 Å². The standard InChI is InChI=1S/C26H29ClN4O2S/c1-5-32-13-7-12-31-18(4)22(23(28-26(31)34)19-11-10-16(2)17(3)14-19)25-29-24(30-33-25)20-8-6-9-21(27)15-20/h6,8-11,14-15,23H,5,7,12-13H2,1-4H3,(H,28,34). The molecule has 1 aliphatic heterocycles. The lowest BCUT2D eigenvalue weighted by Gasteiger charge is -2.37. The lowest BCUT2D eigenvalue weighted by atomic mass is 9.92. The van der Waals surface area contributed by atoms with Crippen LogP contribution < -0.4 is 5.32 Å². The maximum Gasteiger partial charge on any atom is 0.258 e. The highest BCUT2D eigenvalue weighted by Gasteiger charge is 2.34. The number of nitrogens with one attached hydrogen (secondary N) is 1. The van der Waals surface area contributed by atoms with E-state index >= 15 is 0 Å². The van der Waals surface area contributed by atoms with Gasteiger partial charge in [0.1, 0.15) is 0 Å². The van der Waals surface area contributed by atoms with Gasteiger partial charge in [0.25, 0.3) is 5.89 Å². The molecular weight excluding hydrogens is 468 g/mol. The second-order valence-electron chi connectivity index (χ2n) is 8.36. The van der Waals surface area contributed by atoms with E-state index in [1.54, 1.807) is 0 Å². The second-order valence-corrected chi connectivity index (χ2v) is 9.18. The Balaban J connectivity index is 1.76. The van der Waals surface area contributed by atoms with E-state index in [0.717, 1.165) is 35.4 Å². The number of aromatic nitrogens is 2. The average molecular weight is 497 g/mol. The molecule has 2 heterocycles. The summed E-state index contributed by atoms with van der Waals surface area (Å²) in [5, 5.41) is 9.07. The summed E-state index contributed by atoms with van der Waals surface area (Å²) in [6.45, 7) is 10.4. The third-order valence-corrected chi connectivity index (χ3v) is 6.65. The third kappa shape index (κ3) is 5.17. The van der Waals surface area contributed by atoms with Crippen LogP contribution in [0.15, 0.2) is 52.7 Å². The van der Waals surface area contributed by atoms with Gasteiger partial charge >= 0.3 is 0 Å². The van der Waals surface area contributed by atoms with Crippen molar-refractivity contribution in [1.82, 2.24) is 20.4 Å². The minimum absolute atomic E-state index is 0.206. The molecule has 1 unspecified atom stereocenters. The van der Waals surface area contributed by atoms with Crippen LogP contribution in [0.4, 0.5) is 0 Å². The lowest BCUT2D eigenvalue weighted by molar-refractivity contribution is 0.141. The number of allylic oxidation sites excluding steroid dienone is 1. The van der Waals surface area contributed by atoms with Crippen LogP contribution in [0.3, 0.4) is 0 Å². The van der Waals surface area contributed by atoms with Crippen LogP contribution in [0.25, 0.3) is 17.0 Å². The number of thiocarbonyl (C=S) groups is 1. The van der Waals surface area contributed by atoms with E-state index in [1.807, 2.05) is 31.2 Å². The first kappa shape index (κ1) is 24.4. The lowest BCUT2D eigenvalue weighted by Crippen LogP contribution is -2.46. The largest absolute Gasteiger partial charge is 0.382 e. The van der Waals surface area contributed by atoms with Crippen LogP contribution in [-0.4, -0.2) is 39.9 Å². The van der Waals surface area contributed by atoms with E-state index in [-0.39, 0.29) is 6.04 Å². The van der Waals surface area contributed by atoms with E-state index < -0.39 is 0 Å². The number of nitrogens with zero attached hydrogens (tertiary/aromatic N) is 3. The first-order chi connectivity index (χ1) is 16.4. The van der Waals surface area contributed by atoms with Gasteiger partial charge in [-0.3, -0.25) is 0 Å². The average Bonchev–Trinajstić information content (AvgIpc) is 3.30. The Labute approximate surface area is 210 Å². The normalized spacial score (nSPS) is 16.2. The summed E-state index contributed by atoms with van der Waals surface area (Å²) in [7, 11) is 0. The van der Waals surface area contributed by atoms with Crippen LogP contribution in [-0.2, 0) is 4.74 Å². The molecule has 3 aromatic rings. The minimum Gasteiger partial charge on any atom is -0.382 e. The van der Waals surface area contributed by atoms with Crippen molar-refractivity contribution in [3.63, 3.8) is 0 Å². The van der Waals surface area contributed by atoms with Gasteiger partial charge in [-0.25, -0.2) is 0 Å². The number of hydrogen-bond acceptors (Lipinski definition) is 5. The van der Waals surface area contributed by atoms with Crippen molar-refractivity contribution in [2.24, 2.45) is 0 Å². The molecule has 1 atom stereocenters. The molecule has 0 saturated carbocycles. The van der Waals surface area contributed by atoms with Crippen molar-refractivity contribution >= 4 is 34.5 Å². The van der Waals surface area contributed by atoms with Crippen molar-refractivity contribution in [2.45, 2.75) is 40.2 Å². The number of aryl methyl sites for hydroxylation is 2. The van der Waals surface area contributed by atoms with Crippen molar-refractivity contribution < 1.29 is 9.26 Å². The Bertz CT molecular complexity index is 1220.